The van der Waals surface area contributed by atoms with E-state index in [0.29, 0.717) is 5.92 Å². The number of hydrogen-bond donors (Lipinski definition) is 2. The Morgan fingerprint density at radius 3 is 2.42 bits per heavy atom. The predicted octanol–water partition coefficient (Wildman–Crippen LogP) is 3.94. The number of rotatable bonds is 2. The van der Waals surface area contributed by atoms with Crippen LogP contribution in [0, 0.1) is 0 Å². The molecule has 0 aliphatic heterocycles. The average Bonchev–Trinajstić information content (AvgIpc) is 2.35. The number of pyridine rings is 1. The van der Waals surface area contributed by atoms with Crippen molar-refractivity contribution >= 4 is 16.7 Å². The number of hydrogen-bond acceptors (Lipinski definition) is 3. The number of aromatic nitrogens is 1. The van der Waals surface area contributed by atoms with Crippen molar-refractivity contribution in [3.05, 3.63) is 35.4 Å². The Balaban J connectivity index is 2.78. The van der Waals surface area contributed by atoms with Crippen molar-refractivity contribution in [2.45, 2.75) is 46.0 Å². The highest BCUT2D eigenvalue weighted by molar-refractivity contribution is 5.85. The molecular formula is C16H23N3. The van der Waals surface area contributed by atoms with Gasteiger partial charge in [0.05, 0.1) is 5.52 Å². The minimum atomic E-state index is 0.0672. The van der Waals surface area contributed by atoms with Crippen molar-refractivity contribution in [3.63, 3.8) is 0 Å². The molecule has 0 unspecified atom stereocenters. The molecule has 0 atom stereocenters. The molecule has 0 amide bonds. The molecule has 0 saturated carbocycles. The molecule has 3 nitrogen and oxygen atoms in total. The van der Waals surface area contributed by atoms with Gasteiger partial charge in [-0.2, -0.15) is 0 Å². The minimum Gasteiger partial charge on any atom is -0.308 e. The van der Waals surface area contributed by atoms with Crippen LogP contribution in [0.1, 0.15) is 51.7 Å². The van der Waals surface area contributed by atoms with Gasteiger partial charge in [0.2, 0.25) is 0 Å². The molecular weight excluding hydrogens is 234 g/mol. The summed E-state index contributed by atoms with van der Waals surface area (Å²) in [5.41, 5.74) is 6.24. The van der Waals surface area contributed by atoms with Crippen LogP contribution in [0.4, 0.5) is 5.82 Å². The summed E-state index contributed by atoms with van der Waals surface area (Å²) in [4.78, 5) is 4.75. The number of nitrogen functional groups attached to an aromatic ring is 1. The van der Waals surface area contributed by atoms with Crippen LogP contribution in [0.15, 0.2) is 24.3 Å². The topological polar surface area (TPSA) is 50.9 Å². The second-order valence-electron chi connectivity index (χ2n) is 6.35. The standard InChI is InChI=1S/C16H23N3/c1-10(2)12-9-11-7-6-8-13(16(3,4)5)14(11)18-15(12)19-17/h6-10H,17H2,1-5H3,(H,18,19). The zero-order valence-electron chi connectivity index (χ0n) is 12.4. The lowest BCUT2D eigenvalue weighted by Crippen LogP contribution is -2.15. The maximum atomic E-state index is 5.63. The summed E-state index contributed by atoms with van der Waals surface area (Å²) in [6, 6.07) is 8.55. The normalized spacial score (nSPS) is 12.2. The third kappa shape index (κ3) is 2.56. The Morgan fingerprint density at radius 2 is 1.89 bits per heavy atom. The Labute approximate surface area is 115 Å². The molecule has 2 rings (SSSR count). The number of anilines is 1. The van der Waals surface area contributed by atoms with Crippen LogP contribution in [0.3, 0.4) is 0 Å². The average molecular weight is 257 g/mol. The number of benzene rings is 1. The summed E-state index contributed by atoms with van der Waals surface area (Å²) in [7, 11) is 0. The van der Waals surface area contributed by atoms with E-state index in [0.717, 1.165) is 16.9 Å². The number of hydrazine groups is 1. The molecule has 0 saturated heterocycles. The predicted molar refractivity (Wildman–Crippen MR) is 82.3 cm³/mol. The Hall–Kier alpha value is -1.61. The van der Waals surface area contributed by atoms with Crippen LogP contribution in [-0.4, -0.2) is 4.98 Å². The molecule has 0 spiro atoms. The van der Waals surface area contributed by atoms with Gasteiger partial charge in [-0.3, -0.25) is 0 Å². The lowest BCUT2D eigenvalue weighted by atomic mass is 9.85. The first-order valence-electron chi connectivity index (χ1n) is 6.75. The molecule has 0 radical (unpaired) electrons. The Kier molecular flexibility index (Phi) is 3.50. The van der Waals surface area contributed by atoms with E-state index < -0.39 is 0 Å². The molecule has 1 aromatic carbocycles. The van der Waals surface area contributed by atoms with Gasteiger partial charge in [-0.05, 0) is 28.5 Å². The molecule has 0 aliphatic carbocycles. The van der Waals surface area contributed by atoms with E-state index in [1.54, 1.807) is 0 Å². The van der Waals surface area contributed by atoms with E-state index in [-0.39, 0.29) is 5.41 Å². The molecule has 1 aromatic heterocycles. The summed E-state index contributed by atoms with van der Waals surface area (Å²) in [6.45, 7) is 10.9. The summed E-state index contributed by atoms with van der Waals surface area (Å²) in [6.07, 6.45) is 0. The van der Waals surface area contributed by atoms with Crippen molar-refractivity contribution in [3.8, 4) is 0 Å². The maximum absolute atomic E-state index is 5.63. The molecule has 2 aromatic rings. The van der Waals surface area contributed by atoms with Gasteiger partial charge in [-0.1, -0.05) is 52.8 Å². The van der Waals surface area contributed by atoms with E-state index in [1.165, 1.54) is 10.9 Å². The highest BCUT2D eigenvalue weighted by Crippen LogP contribution is 2.32. The van der Waals surface area contributed by atoms with Crippen molar-refractivity contribution < 1.29 is 0 Å². The molecule has 19 heavy (non-hydrogen) atoms. The summed E-state index contributed by atoms with van der Waals surface area (Å²) in [5.74, 6) is 6.79. The second-order valence-corrected chi connectivity index (χ2v) is 6.35. The smallest absolute Gasteiger partial charge is 0.144 e. The van der Waals surface area contributed by atoms with Gasteiger partial charge >= 0.3 is 0 Å². The van der Waals surface area contributed by atoms with E-state index in [9.17, 15) is 0 Å². The Bertz CT molecular complexity index is 595. The lowest BCUT2D eigenvalue weighted by molar-refractivity contribution is 0.594. The number of nitrogens with two attached hydrogens (primary N) is 1. The Morgan fingerprint density at radius 1 is 1.21 bits per heavy atom. The lowest BCUT2D eigenvalue weighted by Gasteiger charge is -2.22. The number of fused-ring (bicyclic) bond motifs is 1. The number of para-hydroxylation sites is 1. The number of nitrogens with zero attached hydrogens (tertiary/aromatic N) is 1. The maximum Gasteiger partial charge on any atom is 0.144 e. The molecule has 0 bridgehead atoms. The minimum absolute atomic E-state index is 0.0672. The third-order valence-corrected chi connectivity index (χ3v) is 3.44. The van der Waals surface area contributed by atoms with Crippen LogP contribution >= 0.6 is 0 Å². The van der Waals surface area contributed by atoms with Crippen LogP contribution in [0.2, 0.25) is 0 Å². The SMILES string of the molecule is CC(C)c1cc2cccc(C(C)(C)C)c2nc1NN. The van der Waals surface area contributed by atoms with Crippen molar-refractivity contribution in [1.29, 1.82) is 0 Å². The highest BCUT2D eigenvalue weighted by Gasteiger charge is 2.19. The molecule has 0 fully saturated rings. The first-order valence-corrected chi connectivity index (χ1v) is 6.75. The summed E-state index contributed by atoms with van der Waals surface area (Å²) >= 11 is 0. The van der Waals surface area contributed by atoms with E-state index in [4.69, 9.17) is 10.8 Å². The second kappa shape index (κ2) is 4.82. The molecule has 1 heterocycles. The first-order chi connectivity index (χ1) is 8.84. The van der Waals surface area contributed by atoms with Gasteiger partial charge in [0.25, 0.3) is 0 Å². The van der Waals surface area contributed by atoms with Gasteiger partial charge in [0, 0.05) is 5.39 Å². The quantitative estimate of drug-likeness (QED) is 0.633. The summed E-state index contributed by atoms with van der Waals surface area (Å²) in [5, 5.41) is 1.18. The van der Waals surface area contributed by atoms with Crippen molar-refractivity contribution in [1.82, 2.24) is 4.98 Å². The highest BCUT2D eigenvalue weighted by atomic mass is 15.2. The van der Waals surface area contributed by atoms with Crippen LogP contribution in [-0.2, 0) is 5.41 Å². The van der Waals surface area contributed by atoms with E-state index in [1.807, 2.05) is 0 Å². The summed E-state index contributed by atoms with van der Waals surface area (Å²) < 4.78 is 0. The van der Waals surface area contributed by atoms with Crippen molar-refractivity contribution in [2.75, 3.05) is 5.43 Å². The van der Waals surface area contributed by atoms with Gasteiger partial charge in [0.15, 0.2) is 0 Å². The van der Waals surface area contributed by atoms with Gasteiger partial charge < -0.3 is 5.43 Å². The van der Waals surface area contributed by atoms with E-state index in [2.05, 4.69) is 64.3 Å². The monoisotopic (exact) mass is 257 g/mol. The van der Waals surface area contributed by atoms with E-state index >= 15 is 0 Å². The fourth-order valence-corrected chi connectivity index (χ4v) is 2.38. The van der Waals surface area contributed by atoms with Gasteiger partial charge in [0.1, 0.15) is 5.82 Å². The molecule has 0 aliphatic rings. The van der Waals surface area contributed by atoms with Gasteiger partial charge in [-0.25, -0.2) is 10.8 Å². The largest absolute Gasteiger partial charge is 0.308 e. The molecule has 3 N–H and O–H groups in total. The van der Waals surface area contributed by atoms with Crippen LogP contribution < -0.4 is 11.3 Å². The van der Waals surface area contributed by atoms with Gasteiger partial charge in [-0.15, -0.1) is 0 Å². The first kappa shape index (κ1) is 13.8. The van der Waals surface area contributed by atoms with Crippen molar-refractivity contribution in [2.24, 2.45) is 5.84 Å². The fraction of sp³-hybridized carbons (Fsp3) is 0.438. The molecule has 3 heteroatoms. The number of nitrogens with one attached hydrogen (secondary N) is 1. The fourth-order valence-electron chi connectivity index (χ4n) is 2.38. The zero-order chi connectivity index (χ0) is 14.2. The van der Waals surface area contributed by atoms with Crippen LogP contribution in [0.5, 0.6) is 0 Å². The van der Waals surface area contributed by atoms with Crippen LogP contribution in [0.25, 0.3) is 10.9 Å². The third-order valence-electron chi connectivity index (χ3n) is 3.44. The molecule has 102 valence electrons. The zero-order valence-corrected chi connectivity index (χ0v) is 12.4.